The van der Waals surface area contributed by atoms with Crippen LogP contribution < -0.4 is 0 Å². The zero-order valence-electron chi connectivity index (χ0n) is 8.17. The lowest BCUT2D eigenvalue weighted by Gasteiger charge is -2.11. The van der Waals surface area contributed by atoms with Crippen LogP contribution in [0.4, 0.5) is 4.39 Å². The lowest BCUT2D eigenvalue weighted by molar-refractivity contribution is -0.136. The number of carbonyl (C=O) groups excluding carboxylic acids is 1. The average Bonchev–Trinajstić information content (AvgIpc) is 2.26. The van der Waals surface area contributed by atoms with Gasteiger partial charge in [-0.05, 0) is 28.7 Å². The highest BCUT2D eigenvalue weighted by molar-refractivity contribution is 14.1. The summed E-state index contributed by atoms with van der Waals surface area (Å²) < 4.78 is 19.0. The predicted octanol–water partition coefficient (Wildman–Crippen LogP) is 3.03. The zero-order valence-corrected chi connectivity index (χ0v) is 10.3. The topological polar surface area (TPSA) is 26.3 Å². The van der Waals surface area contributed by atoms with Crippen molar-refractivity contribution in [2.75, 3.05) is 7.11 Å². The standard InChI is InChI=1S/C11H10FIO2/c1-7(11(14)15-2)10(12)8-5-3-4-6-9(8)13/h3-6,10H,1H2,2H3. The molecular weight excluding hydrogens is 310 g/mol. The molecule has 1 atom stereocenters. The van der Waals surface area contributed by atoms with Gasteiger partial charge in [-0.3, -0.25) is 0 Å². The molecule has 0 heterocycles. The summed E-state index contributed by atoms with van der Waals surface area (Å²) in [5, 5.41) is 0. The summed E-state index contributed by atoms with van der Waals surface area (Å²) in [7, 11) is 1.20. The summed E-state index contributed by atoms with van der Waals surface area (Å²) in [5.41, 5.74) is 0.259. The Morgan fingerprint density at radius 1 is 1.53 bits per heavy atom. The monoisotopic (exact) mass is 320 g/mol. The van der Waals surface area contributed by atoms with Crippen LogP contribution in [-0.2, 0) is 9.53 Å². The van der Waals surface area contributed by atoms with Crippen molar-refractivity contribution in [1.29, 1.82) is 0 Å². The van der Waals surface area contributed by atoms with Crippen LogP contribution >= 0.6 is 22.6 Å². The van der Waals surface area contributed by atoms with Crippen molar-refractivity contribution in [3.05, 3.63) is 45.6 Å². The molecule has 0 bridgehead atoms. The smallest absolute Gasteiger partial charge is 0.336 e. The second-order valence-corrected chi connectivity index (χ2v) is 4.06. The van der Waals surface area contributed by atoms with Crippen LogP contribution in [0.15, 0.2) is 36.4 Å². The Morgan fingerprint density at radius 3 is 2.67 bits per heavy atom. The van der Waals surface area contributed by atoms with Gasteiger partial charge in [-0.25, -0.2) is 9.18 Å². The van der Waals surface area contributed by atoms with Crippen molar-refractivity contribution in [1.82, 2.24) is 0 Å². The van der Waals surface area contributed by atoms with Crippen LogP contribution in [0.25, 0.3) is 0 Å². The Bertz CT molecular complexity index is 390. The van der Waals surface area contributed by atoms with Crippen molar-refractivity contribution in [3.8, 4) is 0 Å². The normalized spacial score (nSPS) is 11.9. The minimum absolute atomic E-state index is 0.179. The van der Waals surface area contributed by atoms with Gasteiger partial charge < -0.3 is 4.74 Å². The van der Waals surface area contributed by atoms with E-state index >= 15 is 0 Å². The van der Waals surface area contributed by atoms with E-state index in [-0.39, 0.29) is 5.57 Å². The van der Waals surface area contributed by atoms with E-state index < -0.39 is 12.1 Å². The van der Waals surface area contributed by atoms with Crippen LogP contribution in [0.5, 0.6) is 0 Å². The summed E-state index contributed by atoms with van der Waals surface area (Å²) in [6.07, 6.45) is -1.51. The first-order chi connectivity index (χ1) is 7.07. The number of hydrogen-bond donors (Lipinski definition) is 0. The SMILES string of the molecule is C=C(C(=O)OC)C(F)c1ccccc1I. The molecule has 0 spiro atoms. The van der Waals surface area contributed by atoms with Crippen molar-refractivity contribution < 1.29 is 13.9 Å². The van der Waals surface area contributed by atoms with Gasteiger partial charge in [0.2, 0.25) is 0 Å². The van der Waals surface area contributed by atoms with E-state index in [4.69, 9.17) is 0 Å². The van der Waals surface area contributed by atoms with Crippen molar-refractivity contribution >= 4 is 28.6 Å². The number of rotatable bonds is 3. The van der Waals surface area contributed by atoms with Gasteiger partial charge in [0.1, 0.15) is 0 Å². The van der Waals surface area contributed by atoms with Gasteiger partial charge in [0.25, 0.3) is 0 Å². The molecule has 0 saturated carbocycles. The molecule has 1 unspecified atom stereocenters. The van der Waals surface area contributed by atoms with Crippen molar-refractivity contribution in [3.63, 3.8) is 0 Å². The Kier molecular flexibility index (Phi) is 4.26. The zero-order chi connectivity index (χ0) is 11.4. The Labute approximate surface area is 101 Å². The number of methoxy groups -OCH3 is 1. The number of hydrogen-bond acceptors (Lipinski definition) is 2. The molecule has 0 radical (unpaired) electrons. The van der Waals surface area contributed by atoms with Gasteiger partial charge in [0.05, 0.1) is 12.7 Å². The third-order valence-electron chi connectivity index (χ3n) is 1.93. The Hall–Kier alpha value is -0.910. The second kappa shape index (κ2) is 5.25. The minimum Gasteiger partial charge on any atom is -0.466 e. The number of alkyl halides is 1. The van der Waals surface area contributed by atoms with Gasteiger partial charge in [0, 0.05) is 9.13 Å². The third kappa shape index (κ3) is 2.77. The van der Waals surface area contributed by atoms with Gasteiger partial charge in [0.15, 0.2) is 6.17 Å². The second-order valence-electron chi connectivity index (χ2n) is 2.90. The van der Waals surface area contributed by atoms with Crippen LogP contribution in [0.3, 0.4) is 0 Å². The molecule has 80 valence electrons. The van der Waals surface area contributed by atoms with E-state index in [2.05, 4.69) is 11.3 Å². The maximum Gasteiger partial charge on any atom is 0.336 e. The fourth-order valence-corrected chi connectivity index (χ4v) is 1.76. The number of halogens is 2. The van der Waals surface area contributed by atoms with E-state index in [1.807, 2.05) is 22.6 Å². The van der Waals surface area contributed by atoms with E-state index in [1.54, 1.807) is 24.3 Å². The van der Waals surface area contributed by atoms with E-state index in [0.29, 0.717) is 5.56 Å². The van der Waals surface area contributed by atoms with Crippen LogP contribution in [0.1, 0.15) is 11.7 Å². The molecule has 1 aromatic rings. The Morgan fingerprint density at radius 2 is 2.13 bits per heavy atom. The largest absolute Gasteiger partial charge is 0.466 e. The van der Waals surface area contributed by atoms with Crippen LogP contribution in [0.2, 0.25) is 0 Å². The summed E-state index contributed by atoms with van der Waals surface area (Å²) in [6.45, 7) is 3.39. The van der Waals surface area contributed by atoms with Crippen molar-refractivity contribution in [2.24, 2.45) is 0 Å². The molecule has 1 rings (SSSR count). The highest BCUT2D eigenvalue weighted by atomic mass is 127. The fourth-order valence-electron chi connectivity index (χ4n) is 1.10. The van der Waals surface area contributed by atoms with Crippen LogP contribution in [-0.4, -0.2) is 13.1 Å². The molecular formula is C11H10FIO2. The number of benzene rings is 1. The number of carbonyl (C=O) groups is 1. The third-order valence-corrected chi connectivity index (χ3v) is 2.91. The molecule has 0 saturated heterocycles. The number of esters is 1. The summed E-state index contributed by atoms with van der Waals surface area (Å²) in [5.74, 6) is -0.720. The molecule has 0 aliphatic carbocycles. The van der Waals surface area contributed by atoms with Crippen LogP contribution in [0, 0.1) is 3.57 Å². The summed E-state index contributed by atoms with van der Waals surface area (Å²) in [6, 6.07) is 6.92. The molecule has 1 aromatic carbocycles. The molecule has 0 N–H and O–H groups in total. The molecule has 0 fully saturated rings. The maximum atomic E-state index is 13.8. The molecule has 4 heteroatoms. The lowest BCUT2D eigenvalue weighted by atomic mass is 10.0. The van der Waals surface area contributed by atoms with E-state index in [1.165, 1.54) is 7.11 Å². The highest BCUT2D eigenvalue weighted by Crippen LogP contribution is 2.28. The highest BCUT2D eigenvalue weighted by Gasteiger charge is 2.22. The summed E-state index contributed by atoms with van der Waals surface area (Å²) >= 11 is 2.01. The lowest BCUT2D eigenvalue weighted by Crippen LogP contribution is -2.10. The van der Waals surface area contributed by atoms with Gasteiger partial charge in [-0.1, -0.05) is 24.8 Å². The quantitative estimate of drug-likeness (QED) is 0.486. The van der Waals surface area contributed by atoms with Gasteiger partial charge in [-0.15, -0.1) is 0 Å². The van der Waals surface area contributed by atoms with E-state index in [0.717, 1.165) is 3.57 Å². The molecule has 2 nitrogen and oxygen atoms in total. The molecule has 0 aliphatic rings. The Balaban J connectivity index is 2.95. The first-order valence-electron chi connectivity index (χ1n) is 4.23. The minimum atomic E-state index is -1.51. The predicted molar refractivity (Wildman–Crippen MR) is 64.2 cm³/mol. The van der Waals surface area contributed by atoms with Crippen molar-refractivity contribution in [2.45, 2.75) is 6.17 Å². The fraction of sp³-hybridized carbons (Fsp3) is 0.182. The molecule has 0 amide bonds. The van der Waals surface area contributed by atoms with E-state index in [9.17, 15) is 9.18 Å². The molecule has 0 aromatic heterocycles. The van der Waals surface area contributed by atoms with Gasteiger partial charge >= 0.3 is 5.97 Å². The average molecular weight is 320 g/mol. The summed E-state index contributed by atoms with van der Waals surface area (Å²) in [4.78, 5) is 11.1. The van der Waals surface area contributed by atoms with Gasteiger partial charge in [-0.2, -0.15) is 0 Å². The first-order valence-corrected chi connectivity index (χ1v) is 5.31. The molecule has 0 aliphatic heterocycles. The number of ether oxygens (including phenoxy) is 1. The molecule has 15 heavy (non-hydrogen) atoms. The first kappa shape index (κ1) is 12.2. The maximum absolute atomic E-state index is 13.8.